The van der Waals surface area contributed by atoms with E-state index in [1.54, 1.807) is 0 Å². The quantitative estimate of drug-likeness (QED) is 0.185. The summed E-state index contributed by atoms with van der Waals surface area (Å²) in [5, 5.41) is 5.84. The number of nitrogens with zero attached hydrogens (tertiary/aromatic N) is 1. The van der Waals surface area contributed by atoms with E-state index in [1.165, 1.54) is 44.6 Å². The van der Waals surface area contributed by atoms with Crippen molar-refractivity contribution in [3.05, 3.63) is 42.5 Å². The molecule has 0 atom stereocenters. The molecule has 2 N–H and O–H groups in total. The van der Waals surface area contributed by atoms with Crippen LogP contribution < -0.4 is 10.6 Å². The Hall–Kier alpha value is -2.38. The van der Waals surface area contributed by atoms with Crippen molar-refractivity contribution in [2.45, 2.75) is 64.6 Å². The third kappa shape index (κ3) is 10.5. The minimum atomic E-state index is -0.563. The van der Waals surface area contributed by atoms with Crippen LogP contribution in [0.5, 0.6) is 0 Å². The van der Waals surface area contributed by atoms with Crippen LogP contribution in [-0.4, -0.2) is 38.4 Å². The lowest BCUT2D eigenvalue weighted by molar-refractivity contribution is -0.0441. The van der Waals surface area contributed by atoms with Crippen LogP contribution in [0.1, 0.15) is 70.1 Å². The van der Waals surface area contributed by atoms with E-state index in [9.17, 15) is 4.79 Å². The molecule has 0 aliphatic carbocycles. The third-order valence-electron chi connectivity index (χ3n) is 4.90. The summed E-state index contributed by atoms with van der Waals surface area (Å²) in [4.78, 5) is 16.5. The Morgan fingerprint density at radius 1 is 1.10 bits per heavy atom. The van der Waals surface area contributed by atoms with Gasteiger partial charge < -0.3 is 19.5 Å². The van der Waals surface area contributed by atoms with Gasteiger partial charge in [0, 0.05) is 17.8 Å². The monoisotopic (exact) mass is 431 g/mol. The Kier molecular flexibility index (Phi) is 12.4. The smallest absolute Gasteiger partial charge is 0.414 e. The number of nitrogens with one attached hydrogen (secondary N) is 2. The average Bonchev–Trinajstić information content (AvgIpc) is 3.32. The van der Waals surface area contributed by atoms with Gasteiger partial charge in [-0.15, -0.1) is 0 Å². The van der Waals surface area contributed by atoms with Crippen molar-refractivity contribution >= 4 is 17.7 Å². The fraction of sp³-hybridized carbons (Fsp3) is 0.583. The van der Waals surface area contributed by atoms with E-state index in [4.69, 9.17) is 14.2 Å². The molecule has 1 saturated heterocycles. The zero-order chi connectivity index (χ0) is 22.2. The van der Waals surface area contributed by atoms with Gasteiger partial charge in [0.25, 0.3) is 0 Å². The van der Waals surface area contributed by atoms with E-state index in [0.717, 1.165) is 24.1 Å². The predicted octanol–water partition coefficient (Wildman–Crippen LogP) is 5.55. The van der Waals surface area contributed by atoms with Crippen molar-refractivity contribution in [1.29, 1.82) is 0 Å². The molecule has 1 aliphatic rings. The second-order valence-corrected chi connectivity index (χ2v) is 7.54. The van der Waals surface area contributed by atoms with Crippen LogP contribution in [0.25, 0.3) is 0 Å². The zero-order valence-corrected chi connectivity index (χ0v) is 18.7. The summed E-state index contributed by atoms with van der Waals surface area (Å²) in [5.41, 5.74) is 1.76. The number of amides is 1. The standard InChI is InChI=1S/C24H37N3O4/c1-3-5-6-7-8-9-10-11-16-25-23(27-24(28)31-17-4-2)26-21-14-12-20(13-15-21)22-29-18-19-30-22/h4,12-15,22H,2-3,5-11,16-19H2,1H3,(H2,25,26,27,28). The van der Waals surface area contributed by atoms with E-state index < -0.39 is 6.09 Å². The first-order valence-electron chi connectivity index (χ1n) is 11.4. The molecule has 172 valence electrons. The number of hydrogen-bond acceptors (Lipinski definition) is 5. The van der Waals surface area contributed by atoms with Gasteiger partial charge in [-0.1, -0.05) is 76.7 Å². The first kappa shape index (κ1) is 24.9. The molecule has 1 fully saturated rings. The fourth-order valence-electron chi connectivity index (χ4n) is 3.23. The van der Waals surface area contributed by atoms with E-state index >= 15 is 0 Å². The van der Waals surface area contributed by atoms with Crippen LogP contribution >= 0.6 is 0 Å². The van der Waals surface area contributed by atoms with Crippen molar-refractivity contribution in [1.82, 2.24) is 5.32 Å². The van der Waals surface area contributed by atoms with Gasteiger partial charge in [0.05, 0.1) is 13.2 Å². The van der Waals surface area contributed by atoms with Gasteiger partial charge in [-0.05, 0) is 18.6 Å². The SMILES string of the molecule is C=CCOC(=O)N/C(=N\CCCCCCCCCC)Nc1ccc(C2OCCO2)cc1. The second kappa shape index (κ2) is 15.4. The molecule has 1 aromatic rings. The predicted molar refractivity (Wildman–Crippen MR) is 124 cm³/mol. The highest BCUT2D eigenvalue weighted by Crippen LogP contribution is 2.24. The fourth-order valence-corrected chi connectivity index (χ4v) is 3.23. The molecule has 0 spiro atoms. The molecule has 0 radical (unpaired) electrons. The van der Waals surface area contributed by atoms with E-state index in [-0.39, 0.29) is 12.9 Å². The second-order valence-electron chi connectivity index (χ2n) is 7.54. The summed E-state index contributed by atoms with van der Waals surface area (Å²) in [6.07, 6.45) is 10.5. The number of ether oxygens (including phenoxy) is 3. The molecule has 0 aromatic heterocycles. The van der Waals surface area contributed by atoms with Crippen LogP contribution in [0.2, 0.25) is 0 Å². The molecule has 7 heteroatoms. The number of anilines is 1. The average molecular weight is 432 g/mol. The van der Waals surface area contributed by atoms with Crippen molar-refractivity contribution in [2.24, 2.45) is 4.99 Å². The maximum absolute atomic E-state index is 12.0. The van der Waals surface area contributed by atoms with Crippen molar-refractivity contribution < 1.29 is 19.0 Å². The normalized spacial score (nSPS) is 14.4. The largest absolute Gasteiger partial charge is 0.445 e. The van der Waals surface area contributed by atoms with Gasteiger partial charge >= 0.3 is 6.09 Å². The van der Waals surface area contributed by atoms with E-state index in [0.29, 0.717) is 25.7 Å². The lowest BCUT2D eigenvalue weighted by atomic mass is 10.1. The first-order chi connectivity index (χ1) is 15.2. The van der Waals surface area contributed by atoms with Crippen LogP contribution in [0.15, 0.2) is 41.9 Å². The molecule has 0 saturated carbocycles. The minimum Gasteiger partial charge on any atom is -0.445 e. The number of aliphatic imine (C=N–C) groups is 1. The highest BCUT2D eigenvalue weighted by atomic mass is 16.7. The number of benzene rings is 1. The number of carbonyl (C=O) groups excluding carboxylic acids is 1. The van der Waals surface area contributed by atoms with Gasteiger partial charge in [-0.2, -0.15) is 0 Å². The van der Waals surface area contributed by atoms with Crippen molar-refractivity contribution in [2.75, 3.05) is 31.7 Å². The molecule has 31 heavy (non-hydrogen) atoms. The molecule has 1 heterocycles. The number of unbranched alkanes of at least 4 members (excludes halogenated alkanes) is 7. The summed E-state index contributed by atoms with van der Waals surface area (Å²) in [7, 11) is 0. The molecule has 7 nitrogen and oxygen atoms in total. The Morgan fingerprint density at radius 3 is 2.39 bits per heavy atom. The Bertz CT molecular complexity index is 670. The summed E-state index contributed by atoms with van der Waals surface area (Å²) < 4.78 is 16.0. The molecular formula is C24H37N3O4. The van der Waals surface area contributed by atoms with Crippen LogP contribution in [0.4, 0.5) is 10.5 Å². The maximum Gasteiger partial charge on any atom is 0.414 e. The molecule has 1 aromatic carbocycles. The summed E-state index contributed by atoms with van der Waals surface area (Å²) in [6, 6.07) is 7.68. The van der Waals surface area contributed by atoms with Crippen LogP contribution in [0, 0.1) is 0 Å². The van der Waals surface area contributed by atoms with Crippen LogP contribution in [-0.2, 0) is 14.2 Å². The number of guanidine groups is 1. The Labute approximate surface area is 186 Å². The number of hydrogen-bond donors (Lipinski definition) is 2. The number of rotatable bonds is 13. The topological polar surface area (TPSA) is 81.2 Å². The van der Waals surface area contributed by atoms with Crippen molar-refractivity contribution in [3.8, 4) is 0 Å². The number of alkyl carbamates (subject to hydrolysis) is 1. The maximum atomic E-state index is 12.0. The lowest BCUT2D eigenvalue weighted by Crippen LogP contribution is -2.36. The highest BCUT2D eigenvalue weighted by Gasteiger charge is 2.18. The van der Waals surface area contributed by atoms with Gasteiger partial charge in [-0.3, -0.25) is 10.3 Å². The lowest BCUT2D eigenvalue weighted by Gasteiger charge is -2.13. The third-order valence-corrected chi connectivity index (χ3v) is 4.90. The first-order valence-corrected chi connectivity index (χ1v) is 11.4. The molecule has 1 amide bonds. The molecule has 2 rings (SSSR count). The van der Waals surface area contributed by atoms with Crippen molar-refractivity contribution in [3.63, 3.8) is 0 Å². The Morgan fingerprint density at radius 2 is 1.74 bits per heavy atom. The molecule has 0 unspecified atom stereocenters. The minimum absolute atomic E-state index is 0.146. The van der Waals surface area contributed by atoms with Gasteiger partial charge in [0.15, 0.2) is 6.29 Å². The molecule has 0 bridgehead atoms. The zero-order valence-electron chi connectivity index (χ0n) is 18.7. The summed E-state index contributed by atoms with van der Waals surface area (Å²) >= 11 is 0. The van der Waals surface area contributed by atoms with Crippen LogP contribution in [0.3, 0.4) is 0 Å². The van der Waals surface area contributed by atoms with E-state index in [2.05, 4.69) is 29.1 Å². The summed E-state index contributed by atoms with van der Waals surface area (Å²) in [6.45, 7) is 7.79. The molecule has 1 aliphatic heterocycles. The van der Waals surface area contributed by atoms with Gasteiger partial charge in [-0.25, -0.2) is 4.79 Å². The van der Waals surface area contributed by atoms with Gasteiger partial charge in [0.2, 0.25) is 5.96 Å². The highest BCUT2D eigenvalue weighted by molar-refractivity contribution is 6.02. The summed E-state index contributed by atoms with van der Waals surface area (Å²) in [5.74, 6) is 0.373. The molecular weight excluding hydrogens is 394 g/mol. The number of carbonyl (C=O) groups is 1. The van der Waals surface area contributed by atoms with E-state index in [1.807, 2.05) is 24.3 Å². The Balaban J connectivity index is 1.83. The van der Waals surface area contributed by atoms with Gasteiger partial charge in [0.1, 0.15) is 6.61 Å².